The minimum Gasteiger partial charge on any atom is -0.545 e. The molecule has 0 aliphatic carbocycles. The number of pyridine rings is 1. The van der Waals surface area contributed by atoms with Crippen LogP contribution in [0.1, 0.15) is 10.4 Å². The Morgan fingerprint density at radius 3 is 2.79 bits per heavy atom. The van der Waals surface area contributed by atoms with E-state index in [-0.39, 0.29) is 10.9 Å². The van der Waals surface area contributed by atoms with Crippen LogP contribution < -0.4 is 5.11 Å². The molecule has 0 aliphatic heterocycles. The number of fused-ring (bicyclic) bond motifs is 1. The number of carbonyl (C=O) groups is 1. The van der Waals surface area contributed by atoms with Crippen LogP contribution in [0.4, 0.5) is 4.39 Å². The molecule has 4 nitrogen and oxygen atoms in total. The van der Waals surface area contributed by atoms with E-state index in [2.05, 4.69) is 4.98 Å². The van der Waals surface area contributed by atoms with Gasteiger partial charge in [-0.3, -0.25) is 0 Å². The third-order valence-electron chi connectivity index (χ3n) is 2.76. The molecule has 1 aromatic carbocycles. The zero-order valence-electron chi connectivity index (χ0n) is 9.59. The fourth-order valence-corrected chi connectivity index (χ4v) is 1.92. The van der Waals surface area contributed by atoms with E-state index in [0.29, 0.717) is 17.0 Å². The maximum Gasteiger partial charge on any atom is 0.152 e. The molecule has 3 rings (SSSR count). The molecule has 0 saturated carbocycles. The zero-order chi connectivity index (χ0) is 13.4. The van der Waals surface area contributed by atoms with Crippen molar-refractivity contribution in [2.75, 3.05) is 0 Å². The quantitative estimate of drug-likeness (QED) is 0.703. The Hall–Kier alpha value is -2.69. The number of rotatable bonds is 2. The van der Waals surface area contributed by atoms with E-state index >= 15 is 0 Å². The SMILES string of the molecule is O=C([O-])c1cc(-c2ccco2)nc2ccc(F)cc12. The molecule has 0 radical (unpaired) electrons. The lowest BCUT2D eigenvalue weighted by atomic mass is 10.1. The number of hydrogen-bond donors (Lipinski definition) is 0. The van der Waals surface area contributed by atoms with Crippen molar-refractivity contribution >= 4 is 16.9 Å². The minimum absolute atomic E-state index is 0.115. The van der Waals surface area contributed by atoms with Gasteiger partial charge in [0.1, 0.15) is 11.5 Å². The monoisotopic (exact) mass is 256 g/mol. The maximum atomic E-state index is 13.2. The van der Waals surface area contributed by atoms with Crippen molar-refractivity contribution in [2.45, 2.75) is 0 Å². The Morgan fingerprint density at radius 1 is 1.26 bits per heavy atom. The predicted octanol–water partition coefficient (Wildman–Crippen LogP) is 2.00. The van der Waals surface area contributed by atoms with Crippen LogP contribution in [0.25, 0.3) is 22.4 Å². The lowest BCUT2D eigenvalue weighted by molar-refractivity contribution is -0.254. The summed E-state index contributed by atoms with van der Waals surface area (Å²) in [5.74, 6) is -1.47. The number of benzene rings is 1. The van der Waals surface area contributed by atoms with E-state index in [9.17, 15) is 14.3 Å². The molecule has 0 saturated heterocycles. The fraction of sp³-hybridized carbons (Fsp3) is 0. The van der Waals surface area contributed by atoms with E-state index in [1.807, 2.05) is 0 Å². The molecular formula is C14H7FNO3-. The van der Waals surface area contributed by atoms with E-state index in [1.165, 1.54) is 24.5 Å². The second-order valence-corrected chi connectivity index (χ2v) is 3.98. The topological polar surface area (TPSA) is 66.2 Å². The number of carbonyl (C=O) groups excluding carboxylic acids is 1. The molecule has 0 spiro atoms. The number of aromatic nitrogens is 1. The molecule has 5 heteroatoms. The Kier molecular flexibility index (Phi) is 2.52. The number of furan rings is 1. The standard InChI is InChI=1S/C14H8FNO3/c15-8-3-4-11-9(6-8)10(14(17)18)7-12(16-11)13-2-1-5-19-13/h1-7H,(H,17,18)/p-1. The van der Waals surface area contributed by atoms with Crippen molar-refractivity contribution in [1.29, 1.82) is 0 Å². The number of hydrogen-bond acceptors (Lipinski definition) is 4. The molecule has 0 unspecified atom stereocenters. The van der Waals surface area contributed by atoms with Crippen molar-refractivity contribution < 1.29 is 18.7 Å². The Morgan fingerprint density at radius 2 is 2.11 bits per heavy atom. The highest BCUT2D eigenvalue weighted by molar-refractivity contribution is 6.02. The fourth-order valence-electron chi connectivity index (χ4n) is 1.92. The highest BCUT2D eigenvalue weighted by atomic mass is 19.1. The number of carboxylic acid groups (broad SMARTS) is 1. The third-order valence-corrected chi connectivity index (χ3v) is 2.76. The largest absolute Gasteiger partial charge is 0.545 e. The molecular weight excluding hydrogens is 249 g/mol. The van der Waals surface area contributed by atoms with Crippen LogP contribution in [0.15, 0.2) is 47.1 Å². The van der Waals surface area contributed by atoms with Gasteiger partial charge in [-0.05, 0) is 36.4 Å². The smallest absolute Gasteiger partial charge is 0.152 e. The van der Waals surface area contributed by atoms with Gasteiger partial charge in [-0.1, -0.05) is 0 Å². The molecule has 0 fully saturated rings. The Bertz CT molecular complexity index is 766. The first-order valence-electron chi connectivity index (χ1n) is 5.50. The normalized spacial score (nSPS) is 10.8. The molecule has 0 N–H and O–H groups in total. The second kappa shape index (κ2) is 4.20. The Balaban J connectivity index is 2.34. The van der Waals surface area contributed by atoms with Crippen molar-refractivity contribution in [3.05, 3.63) is 54.0 Å². The van der Waals surface area contributed by atoms with Gasteiger partial charge in [-0.15, -0.1) is 0 Å². The summed E-state index contributed by atoms with van der Waals surface area (Å²) in [6.45, 7) is 0. The molecule has 19 heavy (non-hydrogen) atoms. The summed E-state index contributed by atoms with van der Waals surface area (Å²) < 4.78 is 18.4. The summed E-state index contributed by atoms with van der Waals surface area (Å²) in [7, 11) is 0. The van der Waals surface area contributed by atoms with Crippen molar-refractivity contribution in [1.82, 2.24) is 4.98 Å². The van der Waals surface area contributed by atoms with Crippen LogP contribution in [0.3, 0.4) is 0 Å². The van der Waals surface area contributed by atoms with Crippen molar-refractivity contribution in [2.24, 2.45) is 0 Å². The summed E-state index contributed by atoms with van der Waals surface area (Å²) in [5.41, 5.74) is 0.619. The van der Waals surface area contributed by atoms with Gasteiger partial charge in [0.15, 0.2) is 5.76 Å². The van der Waals surface area contributed by atoms with Gasteiger partial charge in [0.25, 0.3) is 0 Å². The second-order valence-electron chi connectivity index (χ2n) is 3.98. The lowest BCUT2D eigenvalue weighted by Crippen LogP contribution is -2.22. The zero-order valence-corrected chi connectivity index (χ0v) is 9.59. The van der Waals surface area contributed by atoms with Crippen LogP contribution in [-0.2, 0) is 0 Å². The van der Waals surface area contributed by atoms with Gasteiger partial charge in [-0.25, -0.2) is 9.37 Å². The van der Waals surface area contributed by atoms with Gasteiger partial charge in [0.2, 0.25) is 0 Å². The summed E-state index contributed by atoms with van der Waals surface area (Å²) in [4.78, 5) is 15.4. The minimum atomic E-state index is -1.38. The first kappa shape index (κ1) is 11.4. The number of nitrogens with zero attached hydrogens (tertiary/aromatic N) is 1. The highest BCUT2D eigenvalue weighted by Crippen LogP contribution is 2.25. The van der Waals surface area contributed by atoms with Gasteiger partial charge in [0.05, 0.1) is 17.7 Å². The molecule has 0 aliphatic rings. The van der Waals surface area contributed by atoms with E-state index in [1.54, 1.807) is 12.1 Å². The van der Waals surface area contributed by atoms with E-state index < -0.39 is 11.8 Å². The van der Waals surface area contributed by atoms with Gasteiger partial charge >= 0.3 is 0 Å². The molecule has 2 heterocycles. The van der Waals surface area contributed by atoms with Crippen molar-refractivity contribution in [3.63, 3.8) is 0 Å². The van der Waals surface area contributed by atoms with Crippen LogP contribution in [0.2, 0.25) is 0 Å². The van der Waals surface area contributed by atoms with E-state index in [4.69, 9.17) is 4.42 Å². The van der Waals surface area contributed by atoms with Crippen molar-refractivity contribution in [3.8, 4) is 11.5 Å². The maximum absolute atomic E-state index is 13.2. The van der Waals surface area contributed by atoms with Gasteiger partial charge in [-0.2, -0.15) is 0 Å². The predicted molar refractivity (Wildman–Crippen MR) is 63.7 cm³/mol. The first-order chi connectivity index (χ1) is 9.15. The summed E-state index contributed by atoms with van der Waals surface area (Å²) >= 11 is 0. The Labute approximate surface area is 107 Å². The van der Waals surface area contributed by atoms with Crippen LogP contribution >= 0.6 is 0 Å². The molecule has 94 valence electrons. The third kappa shape index (κ3) is 1.95. The molecule has 0 bridgehead atoms. The first-order valence-corrected chi connectivity index (χ1v) is 5.50. The summed E-state index contributed by atoms with van der Waals surface area (Å²) in [6.07, 6.45) is 1.46. The molecule has 3 aromatic rings. The lowest BCUT2D eigenvalue weighted by Gasteiger charge is -2.09. The summed E-state index contributed by atoms with van der Waals surface area (Å²) in [6, 6.07) is 8.42. The van der Waals surface area contributed by atoms with Gasteiger partial charge in [0, 0.05) is 10.9 Å². The summed E-state index contributed by atoms with van der Waals surface area (Å²) in [5, 5.41) is 11.4. The average Bonchev–Trinajstić information content (AvgIpc) is 2.91. The van der Waals surface area contributed by atoms with Crippen LogP contribution in [-0.4, -0.2) is 11.0 Å². The van der Waals surface area contributed by atoms with Crippen LogP contribution in [0.5, 0.6) is 0 Å². The average molecular weight is 256 g/mol. The number of carboxylic acids is 1. The van der Waals surface area contributed by atoms with Gasteiger partial charge < -0.3 is 14.3 Å². The molecule has 2 aromatic heterocycles. The van der Waals surface area contributed by atoms with Crippen LogP contribution in [0, 0.1) is 5.82 Å². The highest BCUT2D eigenvalue weighted by Gasteiger charge is 2.10. The molecule has 0 amide bonds. The van der Waals surface area contributed by atoms with E-state index in [0.717, 1.165) is 6.07 Å². The number of halogens is 1. The molecule has 0 atom stereocenters. The number of aromatic carboxylic acids is 1.